The lowest BCUT2D eigenvalue weighted by molar-refractivity contribution is -0.139. The Bertz CT molecular complexity index is 1670. The summed E-state index contributed by atoms with van der Waals surface area (Å²) in [6.45, 7) is -0.743. The number of aliphatic carboxylic acids is 1. The van der Waals surface area contributed by atoms with E-state index in [2.05, 4.69) is 10.0 Å². The van der Waals surface area contributed by atoms with Gasteiger partial charge in [-0.05, 0) is 52.6 Å². The highest BCUT2D eigenvalue weighted by Gasteiger charge is 2.33. The van der Waals surface area contributed by atoms with Gasteiger partial charge in [-0.2, -0.15) is 0 Å². The summed E-state index contributed by atoms with van der Waals surface area (Å²) >= 11 is 0. The lowest BCUT2D eigenvalue weighted by atomic mass is 9.83. The lowest BCUT2D eigenvalue weighted by Gasteiger charge is -2.27. The smallest absolute Gasteiger partial charge is 0.322 e. The molecule has 0 aliphatic carbocycles. The summed E-state index contributed by atoms with van der Waals surface area (Å²) in [4.78, 5) is 36.3. The number of hydrogen-bond donors (Lipinski definition) is 5. The number of carbonyl (C=O) groups excluding carboxylic acids is 2. The van der Waals surface area contributed by atoms with Crippen LogP contribution in [0.1, 0.15) is 27.4 Å². The summed E-state index contributed by atoms with van der Waals surface area (Å²) in [6.07, 6.45) is -1.86. The molecule has 10 nitrogen and oxygen atoms in total. The van der Waals surface area contributed by atoms with Crippen LogP contribution < -0.4 is 15.8 Å². The zero-order valence-corrected chi connectivity index (χ0v) is 22.0. The predicted octanol–water partition coefficient (Wildman–Crippen LogP) is 2.63. The number of benzene rings is 4. The average Bonchev–Trinajstić information content (AvgIpc) is 2.94. The number of hydrogen-bond acceptors (Lipinski definition) is 6. The van der Waals surface area contributed by atoms with E-state index >= 15 is 0 Å². The number of primary amides is 1. The molecule has 0 aromatic heterocycles. The van der Waals surface area contributed by atoms with Gasteiger partial charge in [-0.3, -0.25) is 19.1 Å². The number of carboxylic acids is 1. The maximum Gasteiger partial charge on any atom is 0.322 e. The Morgan fingerprint density at radius 2 is 1.52 bits per heavy atom. The standard InChI is InChI=1S/C29H27N3O7S/c30-28(36)22-11-6-12-24(32-40(38,39)21-14-13-19-9-4-5-10-20(19)16-21)26(22)23(15-18-7-2-1-3-8-18)27(35)29(37)31-17-25(33)34/h1-14,16,23,27,32,35H,15,17H2,(H2,30,36)(H,31,37)(H,33,34). The highest BCUT2D eigenvalue weighted by molar-refractivity contribution is 7.92. The molecule has 2 unspecified atom stereocenters. The maximum absolute atomic E-state index is 13.5. The van der Waals surface area contributed by atoms with Crippen molar-refractivity contribution in [3.05, 3.63) is 108 Å². The Balaban J connectivity index is 1.82. The van der Waals surface area contributed by atoms with Crippen LogP contribution in [0.4, 0.5) is 5.69 Å². The van der Waals surface area contributed by atoms with Gasteiger partial charge in [0.1, 0.15) is 12.6 Å². The summed E-state index contributed by atoms with van der Waals surface area (Å²) in [7, 11) is -4.21. The van der Waals surface area contributed by atoms with Crippen molar-refractivity contribution in [2.75, 3.05) is 11.3 Å². The van der Waals surface area contributed by atoms with E-state index in [9.17, 15) is 27.9 Å². The van der Waals surface area contributed by atoms with Crippen molar-refractivity contribution >= 4 is 44.3 Å². The zero-order chi connectivity index (χ0) is 28.9. The summed E-state index contributed by atoms with van der Waals surface area (Å²) < 4.78 is 29.5. The summed E-state index contributed by atoms with van der Waals surface area (Å²) in [5.74, 6) is -4.42. The molecular weight excluding hydrogens is 534 g/mol. The first-order valence-electron chi connectivity index (χ1n) is 12.2. The number of fused-ring (bicyclic) bond motifs is 1. The molecule has 4 rings (SSSR count). The molecule has 2 amide bonds. The van der Waals surface area contributed by atoms with E-state index in [-0.39, 0.29) is 28.1 Å². The van der Waals surface area contributed by atoms with Crippen molar-refractivity contribution < 1.29 is 33.0 Å². The predicted molar refractivity (Wildman–Crippen MR) is 149 cm³/mol. The van der Waals surface area contributed by atoms with Gasteiger partial charge in [0.15, 0.2) is 0 Å². The number of carboxylic acid groups (broad SMARTS) is 1. The van der Waals surface area contributed by atoms with Crippen molar-refractivity contribution in [1.29, 1.82) is 0 Å². The highest BCUT2D eigenvalue weighted by Crippen LogP contribution is 2.35. The number of carbonyl (C=O) groups is 3. The molecule has 4 aromatic rings. The minimum Gasteiger partial charge on any atom is -0.480 e. The Morgan fingerprint density at radius 1 is 0.850 bits per heavy atom. The SMILES string of the molecule is NC(=O)c1cccc(NS(=O)(=O)c2ccc3ccccc3c2)c1C(Cc1ccccc1)C(O)C(=O)NCC(=O)O. The fourth-order valence-electron chi connectivity index (χ4n) is 4.50. The number of amides is 2. The van der Waals surface area contributed by atoms with Crippen LogP contribution >= 0.6 is 0 Å². The van der Waals surface area contributed by atoms with E-state index in [1.54, 1.807) is 48.5 Å². The van der Waals surface area contributed by atoms with Crippen molar-refractivity contribution in [1.82, 2.24) is 5.32 Å². The average molecular weight is 562 g/mol. The van der Waals surface area contributed by atoms with Crippen LogP contribution in [0.5, 0.6) is 0 Å². The molecule has 0 bridgehead atoms. The van der Waals surface area contributed by atoms with Gasteiger partial charge in [0.05, 0.1) is 10.6 Å². The Labute approximate surface area is 230 Å². The lowest BCUT2D eigenvalue weighted by Crippen LogP contribution is -2.42. The Hall–Kier alpha value is -4.74. The van der Waals surface area contributed by atoms with Crippen molar-refractivity contribution in [2.24, 2.45) is 5.73 Å². The van der Waals surface area contributed by atoms with Crippen LogP contribution in [-0.2, 0) is 26.0 Å². The number of anilines is 1. The minimum absolute atomic E-state index is 0.00110. The second-order valence-corrected chi connectivity index (χ2v) is 10.8. The number of nitrogens with two attached hydrogens (primary N) is 1. The van der Waals surface area contributed by atoms with Gasteiger partial charge in [-0.15, -0.1) is 0 Å². The fraction of sp³-hybridized carbons (Fsp3) is 0.138. The van der Waals surface area contributed by atoms with Gasteiger partial charge in [-0.25, -0.2) is 8.42 Å². The van der Waals surface area contributed by atoms with Gasteiger partial charge in [0.25, 0.3) is 10.0 Å². The van der Waals surface area contributed by atoms with E-state index in [4.69, 9.17) is 10.8 Å². The quantitative estimate of drug-likeness (QED) is 0.187. The van der Waals surface area contributed by atoms with Crippen LogP contribution in [0.3, 0.4) is 0 Å². The van der Waals surface area contributed by atoms with Crippen molar-refractivity contribution in [3.63, 3.8) is 0 Å². The molecule has 6 N–H and O–H groups in total. The normalized spacial score (nSPS) is 12.8. The van der Waals surface area contributed by atoms with Crippen molar-refractivity contribution in [2.45, 2.75) is 23.3 Å². The van der Waals surface area contributed by atoms with Crippen LogP contribution in [0, 0.1) is 0 Å². The van der Waals surface area contributed by atoms with Crippen LogP contribution in [0.25, 0.3) is 10.8 Å². The molecule has 0 spiro atoms. The highest BCUT2D eigenvalue weighted by atomic mass is 32.2. The van der Waals surface area contributed by atoms with Crippen LogP contribution in [0.15, 0.2) is 95.9 Å². The van der Waals surface area contributed by atoms with Gasteiger partial charge in [-0.1, -0.05) is 66.7 Å². The summed E-state index contributed by atoms with van der Waals surface area (Å²) in [5, 5.41) is 23.8. The summed E-state index contributed by atoms with van der Waals surface area (Å²) in [6, 6.07) is 24.8. The molecule has 0 saturated carbocycles. The van der Waals surface area contributed by atoms with Gasteiger partial charge >= 0.3 is 5.97 Å². The summed E-state index contributed by atoms with van der Waals surface area (Å²) in [5.41, 5.74) is 6.15. The second-order valence-electron chi connectivity index (χ2n) is 9.10. The van der Waals surface area contributed by atoms with Crippen LogP contribution in [0.2, 0.25) is 0 Å². The number of sulfonamides is 1. The molecule has 11 heteroatoms. The van der Waals surface area contributed by atoms with Gasteiger partial charge in [0.2, 0.25) is 11.8 Å². The molecule has 4 aromatic carbocycles. The molecule has 0 saturated heterocycles. The third kappa shape index (κ3) is 6.45. The van der Waals surface area contributed by atoms with Crippen LogP contribution in [-0.4, -0.2) is 49.1 Å². The maximum atomic E-state index is 13.5. The van der Waals surface area contributed by atoms with E-state index in [1.807, 2.05) is 12.1 Å². The molecule has 0 heterocycles. The fourth-order valence-corrected chi connectivity index (χ4v) is 5.61. The second kappa shape index (κ2) is 12.0. The zero-order valence-electron chi connectivity index (χ0n) is 21.2. The van der Waals surface area contributed by atoms with Gasteiger partial charge in [0, 0.05) is 11.5 Å². The molecule has 40 heavy (non-hydrogen) atoms. The van der Waals surface area contributed by atoms with E-state index in [0.717, 1.165) is 5.39 Å². The first kappa shape index (κ1) is 28.3. The van der Waals surface area contributed by atoms with Crippen molar-refractivity contribution in [3.8, 4) is 0 Å². The Morgan fingerprint density at radius 3 is 2.20 bits per heavy atom. The van der Waals surface area contributed by atoms with E-state index in [0.29, 0.717) is 10.9 Å². The minimum atomic E-state index is -4.21. The Kier molecular flexibility index (Phi) is 8.46. The third-order valence-corrected chi connectivity index (χ3v) is 7.74. The topological polar surface area (TPSA) is 176 Å². The molecule has 0 fully saturated rings. The molecule has 0 aliphatic heterocycles. The molecule has 206 valence electrons. The van der Waals surface area contributed by atoms with E-state index in [1.165, 1.54) is 30.3 Å². The number of nitrogens with one attached hydrogen (secondary N) is 2. The molecule has 0 radical (unpaired) electrons. The third-order valence-electron chi connectivity index (χ3n) is 6.38. The first-order valence-corrected chi connectivity index (χ1v) is 13.7. The largest absolute Gasteiger partial charge is 0.480 e. The van der Waals surface area contributed by atoms with Gasteiger partial charge < -0.3 is 21.3 Å². The number of aliphatic hydroxyl groups is 1. The molecule has 0 aliphatic rings. The first-order chi connectivity index (χ1) is 19.1. The molecular formula is C29H27N3O7S. The van der Waals surface area contributed by atoms with E-state index < -0.39 is 46.4 Å². The number of rotatable bonds is 11. The molecule has 2 atom stereocenters. The number of aliphatic hydroxyl groups excluding tert-OH is 1. The monoisotopic (exact) mass is 561 g/mol.